The third kappa shape index (κ3) is 2.76. The van der Waals surface area contributed by atoms with Crippen LogP contribution in [0.25, 0.3) is 0 Å². The van der Waals surface area contributed by atoms with Gasteiger partial charge in [-0.1, -0.05) is 0 Å². The van der Waals surface area contributed by atoms with Crippen LogP contribution in [0.5, 0.6) is 0 Å². The lowest BCUT2D eigenvalue weighted by Crippen LogP contribution is -2.47. The van der Waals surface area contributed by atoms with Gasteiger partial charge in [0.1, 0.15) is 12.2 Å². The minimum Gasteiger partial charge on any atom is -0.347 e. The van der Waals surface area contributed by atoms with E-state index in [1.54, 1.807) is 13.8 Å². The molecule has 0 spiro atoms. The van der Waals surface area contributed by atoms with E-state index in [0.29, 0.717) is 6.54 Å². The van der Waals surface area contributed by atoms with Gasteiger partial charge in [0.15, 0.2) is 5.79 Å². The van der Waals surface area contributed by atoms with Crippen LogP contribution >= 0.6 is 0 Å². The normalized spacial score (nSPS) is 34.4. The quantitative estimate of drug-likeness (QED) is 0.749. The smallest absolute Gasteiger partial charge is 0.347 e. The zero-order valence-corrected chi connectivity index (χ0v) is 10.0. The first-order chi connectivity index (χ1) is 8.19. The predicted octanol–water partition coefficient (Wildman–Crippen LogP) is 0.157. The Morgan fingerprint density at radius 1 is 1.44 bits per heavy atom. The standard InChI is InChI=1S/C10H15F3N2O3/c1-9(2)17-6-4-14-5(7(6)18-9)3-15-8(16)10(11,12)13/h5-7,14H,3-4H2,1-2H3,(H,15,16)/t5-,6-,7+/m0/s1. The van der Waals surface area contributed by atoms with E-state index in [9.17, 15) is 18.0 Å². The molecule has 2 N–H and O–H groups in total. The van der Waals surface area contributed by atoms with Gasteiger partial charge in [0, 0.05) is 13.1 Å². The van der Waals surface area contributed by atoms with Crippen LogP contribution < -0.4 is 10.6 Å². The van der Waals surface area contributed by atoms with Gasteiger partial charge in [-0.2, -0.15) is 13.2 Å². The van der Waals surface area contributed by atoms with Gasteiger partial charge in [0.05, 0.1) is 6.04 Å². The molecule has 2 saturated heterocycles. The first-order valence-corrected chi connectivity index (χ1v) is 5.63. The van der Waals surface area contributed by atoms with Crippen molar-refractivity contribution in [2.45, 2.75) is 44.1 Å². The Morgan fingerprint density at radius 3 is 2.72 bits per heavy atom. The average Bonchev–Trinajstić information content (AvgIpc) is 2.68. The van der Waals surface area contributed by atoms with E-state index >= 15 is 0 Å². The molecule has 2 fully saturated rings. The van der Waals surface area contributed by atoms with Gasteiger partial charge in [0.25, 0.3) is 0 Å². The van der Waals surface area contributed by atoms with Gasteiger partial charge in [-0.05, 0) is 13.8 Å². The zero-order valence-electron chi connectivity index (χ0n) is 10.0. The Balaban J connectivity index is 1.87. The zero-order chi connectivity index (χ0) is 13.6. The van der Waals surface area contributed by atoms with Crippen molar-refractivity contribution >= 4 is 5.91 Å². The molecule has 5 nitrogen and oxygen atoms in total. The largest absolute Gasteiger partial charge is 0.471 e. The lowest BCUT2D eigenvalue weighted by molar-refractivity contribution is -0.174. The molecule has 2 aliphatic rings. The molecular weight excluding hydrogens is 253 g/mol. The fraction of sp³-hybridized carbons (Fsp3) is 0.900. The average molecular weight is 268 g/mol. The number of alkyl halides is 3. The second kappa shape index (κ2) is 4.36. The van der Waals surface area contributed by atoms with Gasteiger partial charge in [-0.25, -0.2) is 0 Å². The lowest BCUT2D eigenvalue weighted by Gasteiger charge is -2.22. The molecule has 0 unspecified atom stereocenters. The summed E-state index contributed by atoms with van der Waals surface area (Å²) < 4.78 is 47.2. The van der Waals surface area contributed by atoms with E-state index in [-0.39, 0.29) is 24.8 Å². The number of fused-ring (bicyclic) bond motifs is 1. The second-order valence-corrected chi connectivity index (χ2v) is 4.86. The molecule has 3 atom stereocenters. The molecule has 2 heterocycles. The molecule has 0 aromatic carbocycles. The third-order valence-corrected chi connectivity index (χ3v) is 2.94. The van der Waals surface area contributed by atoms with Crippen molar-refractivity contribution in [2.24, 2.45) is 0 Å². The number of nitrogens with one attached hydrogen (secondary N) is 2. The minimum absolute atomic E-state index is 0.140. The number of amides is 1. The Labute approximate surface area is 102 Å². The Kier molecular flexibility index (Phi) is 3.28. The molecule has 18 heavy (non-hydrogen) atoms. The second-order valence-electron chi connectivity index (χ2n) is 4.86. The van der Waals surface area contributed by atoms with Crippen molar-refractivity contribution in [1.82, 2.24) is 10.6 Å². The maximum Gasteiger partial charge on any atom is 0.471 e. The van der Waals surface area contributed by atoms with E-state index in [2.05, 4.69) is 5.32 Å². The van der Waals surface area contributed by atoms with Crippen molar-refractivity contribution in [2.75, 3.05) is 13.1 Å². The van der Waals surface area contributed by atoms with Crippen LogP contribution in [0.4, 0.5) is 13.2 Å². The molecule has 0 aliphatic carbocycles. The number of halogens is 3. The van der Waals surface area contributed by atoms with Crippen molar-refractivity contribution in [3.05, 3.63) is 0 Å². The van der Waals surface area contributed by atoms with E-state index in [4.69, 9.17) is 9.47 Å². The van der Waals surface area contributed by atoms with E-state index < -0.39 is 17.9 Å². The van der Waals surface area contributed by atoms with Crippen LogP contribution in [0.15, 0.2) is 0 Å². The van der Waals surface area contributed by atoms with Crippen LogP contribution in [0.3, 0.4) is 0 Å². The summed E-state index contributed by atoms with van der Waals surface area (Å²) in [5.74, 6) is -2.67. The fourth-order valence-electron chi connectivity index (χ4n) is 2.24. The van der Waals surface area contributed by atoms with Gasteiger partial charge >= 0.3 is 12.1 Å². The van der Waals surface area contributed by atoms with Crippen LogP contribution in [0.2, 0.25) is 0 Å². The number of hydrogen-bond donors (Lipinski definition) is 2. The van der Waals surface area contributed by atoms with E-state index in [0.717, 1.165) is 0 Å². The highest BCUT2D eigenvalue weighted by molar-refractivity contribution is 5.81. The SMILES string of the molecule is CC1(C)O[C@@H]2[C@H](CNC(=O)C(F)(F)F)NC[C@@H]2O1. The first kappa shape index (κ1) is 13.6. The Bertz CT molecular complexity index is 346. The number of carbonyl (C=O) groups excluding carboxylic acids is 1. The van der Waals surface area contributed by atoms with Gasteiger partial charge in [-0.3, -0.25) is 4.79 Å². The highest BCUT2D eigenvalue weighted by atomic mass is 19.4. The van der Waals surface area contributed by atoms with Gasteiger partial charge < -0.3 is 20.1 Å². The fourth-order valence-corrected chi connectivity index (χ4v) is 2.24. The Hall–Kier alpha value is -0.860. The van der Waals surface area contributed by atoms with Crippen LogP contribution in [-0.2, 0) is 14.3 Å². The predicted molar refractivity (Wildman–Crippen MR) is 54.7 cm³/mol. The summed E-state index contributed by atoms with van der Waals surface area (Å²) in [6.07, 6.45) is -5.38. The lowest BCUT2D eigenvalue weighted by atomic mass is 10.1. The van der Waals surface area contributed by atoms with Gasteiger partial charge in [-0.15, -0.1) is 0 Å². The summed E-state index contributed by atoms with van der Waals surface area (Å²) >= 11 is 0. The molecule has 0 aromatic heterocycles. The summed E-state index contributed by atoms with van der Waals surface area (Å²) in [7, 11) is 0. The maximum atomic E-state index is 12.0. The Morgan fingerprint density at radius 2 is 2.11 bits per heavy atom. The van der Waals surface area contributed by atoms with Crippen molar-refractivity contribution in [1.29, 1.82) is 0 Å². The third-order valence-electron chi connectivity index (χ3n) is 2.94. The molecule has 1 amide bonds. The number of rotatable bonds is 2. The molecule has 0 aromatic rings. The monoisotopic (exact) mass is 268 g/mol. The molecule has 8 heteroatoms. The minimum atomic E-state index is -4.86. The summed E-state index contributed by atoms with van der Waals surface area (Å²) in [5, 5.41) is 4.81. The summed E-state index contributed by atoms with van der Waals surface area (Å²) in [6.45, 7) is 3.85. The van der Waals surface area contributed by atoms with Gasteiger partial charge in [0.2, 0.25) is 0 Å². The summed E-state index contributed by atoms with van der Waals surface area (Å²) in [6, 6.07) is -0.372. The molecule has 0 bridgehead atoms. The molecule has 0 saturated carbocycles. The molecule has 2 rings (SSSR count). The summed E-state index contributed by atoms with van der Waals surface area (Å²) in [5.41, 5.74) is 0. The highest BCUT2D eigenvalue weighted by Crippen LogP contribution is 2.32. The van der Waals surface area contributed by atoms with Crippen LogP contribution in [-0.4, -0.2) is 49.2 Å². The van der Waals surface area contributed by atoms with Crippen molar-refractivity contribution in [3.8, 4) is 0 Å². The summed E-state index contributed by atoms with van der Waals surface area (Å²) in [4.78, 5) is 10.7. The van der Waals surface area contributed by atoms with E-state index in [1.807, 2.05) is 5.32 Å². The molecule has 104 valence electrons. The number of hydrogen-bond acceptors (Lipinski definition) is 4. The molecular formula is C10H15F3N2O3. The highest BCUT2D eigenvalue weighted by Gasteiger charge is 2.49. The van der Waals surface area contributed by atoms with E-state index in [1.165, 1.54) is 0 Å². The molecule has 2 aliphatic heterocycles. The topological polar surface area (TPSA) is 59.6 Å². The van der Waals surface area contributed by atoms with Crippen LogP contribution in [0, 0.1) is 0 Å². The van der Waals surface area contributed by atoms with Crippen LogP contribution in [0.1, 0.15) is 13.8 Å². The molecule has 0 radical (unpaired) electrons. The van der Waals surface area contributed by atoms with Crippen molar-refractivity contribution < 1.29 is 27.4 Å². The van der Waals surface area contributed by atoms with Crippen molar-refractivity contribution in [3.63, 3.8) is 0 Å². The maximum absolute atomic E-state index is 12.0. The first-order valence-electron chi connectivity index (χ1n) is 5.63. The number of carbonyl (C=O) groups is 1. The number of ether oxygens (including phenoxy) is 2.